The largest absolute Gasteiger partial charge is 0.496 e. The van der Waals surface area contributed by atoms with E-state index in [-0.39, 0.29) is 0 Å². The molecule has 1 aliphatic heterocycles. The maximum Gasteiger partial charge on any atom is 0.133 e. The van der Waals surface area contributed by atoms with Gasteiger partial charge in [0.25, 0.3) is 0 Å². The second-order valence-corrected chi connectivity index (χ2v) is 5.09. The van der Waals surface area contributed by atoms with Gasteiger partial charge in [-0.2, -0.15) is 0 Å². The van der Waals surface area contributed by atoms with E-state index in [0.29, 0.717) is 6.04 Å². The van der Waals surface area contributed by atoms with E-state index in [1.807, 2.05) is 6.07 Å². The SMILES string of the molecule is COc1ccc(C2CCCCN2)c(C)c1Br. The molecule has 0 amide bonds. The molecule has 0 saturated carbocycles. The fourth-order valence-electron chi connectivity index (χ4n) is 2.33. The maximum atomic E-state index is 5.30. The Kier molecular flexibility index (Phi) is 3.87. The fraction of sp³-hybridized carbons (Fsp3) is 0.538. The van der Waals surface area contributed by atoms with Crippen molar-refractivity contribution in [2.24, 2.45) is 0 Å². The van der Waals surface area contributed by atoms with Gasteiger partial charge in [-0.3, -0.25) is 0 Å². The number of halogens is 1. The highest BCUT2D eigenvalue weighted by atomic mass is 79.9. The molecule has 1 N–H and O–H groups in total. The van der Waals surface area contributed by atoms with E-state index in [4.69, 9.17) is 4.74 Å². The summed E-state index contributed by atoms with van der Waals surface area (Å²) in [5.41, 5.74) is 2.69. The van der Waals surface area contributed by atoms with Gasteiger partial charge in [0.05, 0.1) is 11.6 Å². The van der Waals surface area contributed by atoms with Crippen LogP contribution in [-0.4, -0.2) is 13.7 Å². The second-order valence-electron chi connectivity index (χ2n) is 4.30. The molecule has 1 atom stereocenters. The molecule has 16 heavy (non-hydrogen) atoms. The Morgan fingerprint density at radius 3 is 2.81 bits per heavy atom. The van der Waals surface area contributed by atoms with Gasteiger partial charge in [-0.1, -0.05) is 12.5 Å². The summed E-state index contributed by atoms with van der Waals surface area (Å²) >= 11 is 3.61. The van der Waals surface area contributed by atoms with Crippen molar-refractivity contribution in [2.45, 2.75) is 32.2 Å². The minimum atomic E-state index is 0.510. The first-order chi connectivity index (χ1) is 7.74. The van der Waals surface area contributed by atoms with Crippen molar-refractivity contribution in [1.82, 2.24) is 5.32 Å². The molecule has 0 spiro atoms. The van der Waals surface area contributed by atoms with Crippen molar-refractivity contribution >= 4 is 15.9 Å². The van der Waals surface area contributed by atoms with Crippen LogP contribution in [0.1, 0.15) is 36.4 Å². The summed E-state index contributed by atoms with van der Waals surface area (Å²) in [5, 5.41) is 3.58. The molecular formula is C13H18BrNO. The Hall–Kier alpha value is -0.540. The molecular weight excluding hydrogens is 266 g/mol. The van der Waals surface area contributed by atoms with Crippen LogP contribution in [0.3, 0.4) is 0 Å². The fourth-order valence-corrected chi connectivity index (χ4v) is 2.85. The topological polar surface area (TPSA) is 21.3 Å². The summed E-state index contributed by atoms with van der Waals surface area (Å²) in [6.45, 7) is 3.28. The van der Waals surface area contributed by atoms with E-state index in [1.165, 1.54) is 30.4 Å². The minimum Gasteiger partial charge on any atom is -0.496 e. The van der Waals surface area contributed by atoms with Crippen molar-refractivity contribution in [1.29, 1.82) is 0 Å². The summed E-state index contributed by atoms with van der Waals surface area (Å²) in [6.07, 6.45) is 3.85. The highest BCUT2D eigenvalue weighted by molar-refractivity contribution is 9.10. The van der Waals surface area contributed by atoms with E-state index in [1.54, 1.807) is 7.11 Å². The lowest BCUT2D eigenvalue weighted by atomic mass is 9.94. The zero-order chi connectivity index (χ0) is 11.5. The molecule has 0 aromatic heterocycles. The molecule has 2 rings (SSSR count). The molecule has 2 nitrogen and oxygen atoms in total. The quantitative estimate of drug-likeness (QED) is 0.896. The third-order valence-electron chi connectivity index (χ3n) is 3.30. The smallest absolute Gasteiger partial charge is 0.133 e. The number of nitrogens with one attached hydrogen (secondary N) is 1. The predicted octanol–water partition coefficient (Wildman–Crippen LogP) is 3.58. The van der Waals surface area contributed by atoms with Crippen LogP contribution in [0.15, 0.2) is 16.6 Å². The van der Waals surface area contributed by atoms with Crippen LogP contribution < -0.4 is 10.1 Å². The van der Waals surface area contributed by atoms with E-state index in [0.717, 1.165) is 16.8 Å². The lowest BCUT2D eigenvalue weighted by molar-refractivity contribution is 0.403. The number of rotatable bonds is 2. The Morgan fingerprint density at radius 1 is 1.38 bits per heavy atom. The Balaban J connectivity index is 2.30. The first-order valence-corrected chi connectivity index (χ1v) is 6.59. The zero-order valence-corrected chi connectivity index (χ0v) is 11.4. The van der Waals surface area contributed by atoms with Gasteiger partial charge < -0.3 is 10.1 Å². The maximum absolute atomic E-state index is 5.30. The molecule has 1 unspecified atom stereocenters. The lowest BCUT2D eigenvalue weighted by Crippen LogP contribution is -2.27. The Labute approximate surface area is 106 Å². The van der Waals surface area contributed by atoms with Crippen LogP contribution in [0.2, 0.25) is 0 Å². The summed E-state index contributed by atoms with van der Waals surface area (Å²) in [7, 11) is 1.71. The van der Waals surface area contributed by atoms with Crippen LogP contribution in [0, 0.1) is 6.92 Å². The number of benzene rings is 1. The number of ether oxygens (including phenoxy) is 1. The molecule has 1 saturated heterocycles. The van der Waals surface area contributed by atoms with Crippen molar-refractivity contribution in [3.63, 3.8) is 0 Å². The van der Waals surface area contributed by atoms with Crippen molar-refractivity contribution < 1.29 is 4.74 Å². The highest BCUT2D eigenvalue weighted by Gasteiger charge is 2.18. The molecule has 1 heterocycles. The van der Waals surface area contributed by atoms with Crippen molar-refractivity contribution in [2.75, 3.05) is 13.7 Å². The van der Waals surface area contributed by atoms with Gasteiger partial charge in [0.2, 0.25) is 0 Å². The average Bonchev–Trinajstić information content (AvgIpc) is 2.34. The third-order valence-corrected chi connectivity index (χ3v) is 4.28. The normalized spacial score (nSPS) is 20.8. The van der Waals surface area contributed by atoms with Crippen LogP contribution in [0.4, 0.5) is 0 Å². The first kappa shape index (κ1) is 11.9. The molecule has 3 heteroatoms. The third kappa shape index (κ3) is 2.25. The van der Waals surface area contributed by atoms with Crippen LogP contribution >= 0.6 is 15.9 Å². The predicted molar refractivity (Wildman–Crippen MR) is 70.0 cm³/mol. The molecule has 88 valence electrons. The summed E-state index contributed by atoms with van der Waals surface area (Å²) in [5.74, 6) is 0.914. The summed E-state index contributed by atoms with van der Waals surface area (Å²) in [4.78, 5) is 0. The number of hydrogen-bond donors (Lipinski definition) is 1. The minimum absolute atomic E-state index is 0.510. The molecule has 0 bridgehead atoms. The second kappa shape index (κ2) is 5.19. The molecule has 0 aliphatic carbocycles. The van der Waals surface area contributed by atoms with Crippen LogP contribution in [0.25, 0.3) is 0 Å². The number of methoxy groups -OCH3 is 1. The van der Waals surface area contributed by atoms with Gasteiger partial charge in [0.1, 0.15) is 5.75 Å². The number of hydrogen-bond acceptors (Lipinski definition) is 2. The zero-order valence-electron chi connectivity index (χ0n) is 9.85. The van der Waals surface area contributed by atoms with Gasteiger partial charge in [0.15, 0.2) is 0 Å². The van der Waals surface area contributed by atoms with E-state index in [9.17, 15) is 0 Å². The lowest BCUT2D eigenvalue weighted by Gasteiger charge is -2.26. The highest BCUT2D eigenvalue weighted by Crippen LogP contribution is 2.35. The Morgan fingerprint density at radius 2 is 2.19 bits per heavy atom. The first-order valence-electron chi connectivity index (χ1n) is 5.80. The molecule has 1 aromatic rings. The summed E-state index contributed by atoms with van der Waals surface area (Å²) < 4.78 is 6.38. The molecule has 0 radical (unpaired) electrons. The average molecular weight is 284 g/mol. The van der Waals surface area contributed by atoms with E-state index >= 15 is 0 Å². The van der Waals surface area contributed by atoms with Crippen molar-refractivity contribution in [3.8, 4) is 5.75 Å². The van der Waals surface area contributed by atoms with Crippen LogP contribution in [-0.2, 0) is 0 Å². The standard InChI is InChI=1S/C13H18BrNO/c1-9-10(11-5-3-4-8-15-11)6-7-12(16-2)13(9)14/h6-7,11,15H,3-5,8H2,1-2H3. The number of piperidine rings is 1. The van der Waals surface area contributed by atoms with E-state index < -0.39 is 0 Å². The van der Waals surface area contributed by atoms with Crippen molar-refractivity contribution in [3.05, 3.63) is 27.7 Å². The summed E-state index contributed by atoms with van der Waals surface area (Å²) in [6, 6.07) is 4.74. The van der Waals surface area contributed by atoms with Gasteiger partial charge in [0, 0.05) is 6.04 Å². The molecule has 1 aromatic carbocycles. The monoisotopic (exact) mass is 283 g/mol. The molecule has 1 aliphatic rings. The van der Waals surface area contributed by atoms with Gasteiger partial charge in [-0.25, -0.2) is 0 Å². The van der Waals surface area contributed by atoms with Gasteiger partial charge in [-0.05, 0) is 59.4 Å². The van der Waals surface area contributed by atoms with Crippen LogP contribution in [0.5, 0.6) is 5.75 Å². The van der Waals surface area contributed by atoms with E-state index in [2.05, 4.69) is 34.2 Å². The van der Waals surface area contributed by atoms with Gasteiger partial charge >= 0.3 is 0 Å². The van der Waals surface area contributed by atoms with Gasteiger partial charge in [-0.15, -0.1) is 0 Å². The Bertz CT molecular complexity index is 372. The molecule has 1 fully saturated rings.